The van der Waals surface area contributed by atoms with Crippen LogP contribution in [0.25, 0.3) is 11.0 Å². The summed E-state index contributed by atoms with van der Waals surface area (Å²) >= 11 is 0. The van der Waals surface area contributed by atoms with Gasteiger partial charge in [0, 0.05) is 36.5 Å². The minimum atomic E-state index is -4.50. The highest BCUT2D eigenvalue weighted by atomic mass is 32.2. The number of hydrogen-bond acceptors (Lipinski definition) is 7. The number of carbonyl (C=O) groups excluding carboxylic acids is 1. The molecule has 1 aromatic heterocycles. The number of aryl methyl sites for hydroxylation is 1. The highest BCUT2D eigenvalue weighted by Gasteiger charge is 2.26. The number of nitrogens with one attached hydrogen (secondary N) is 1. The van der Waals surface area contributed by atoms with Crippen LogP contribution >= 0.6 is 0 Å². The Hall–Kier alpha value is -3.44. The summed E-state index contributed by atoms with van der Waals surface area (Å²) < 4.78 is 52.2. The minimum Gasteiger partial charge on any atom is -0.508 e. The molecule has 2 N–H and O–H groups in total. The van der Waals surface area contributed by atoms with E-state index in [1.807, 2.05) is 4.72 Å². The standard InChI is InChI=1S/C22H21FN2O7S/c1-13-16-4-3-15(26)12-19(16)32-21(27)17(13)10-14-2-5-18(23)20(11-14)33(29,30)24-22(28)25-6-8-31-9-7-25/h2-5,11-12,26H,6-10H2,1H3,(H,24,28). The van der Waals surface area contributed by atoms with Crippen molar-refractivity contribution in [2.45, 2.75) is 18.2 Å². The molecule has 3 aromatic rings. The van der Waals surface area contributed by atoms with Crippen LogP contribution in [-0.4, -0.2) is 50.8 Å². The average Bonchev–Trinajstić information content (AvgIpc) is 2.77. The fourth-order valence-electron chi connectivity index (χ4n) is 3.66. The molecular weight excluding hydrogens is 455 g/mol. The van der Waals surface area contributed by atoms with Crippen molar-refractivity contribution in [3.05, 3.63) is 69.3 Å². The van der Waals surface area contributed by atoms with Gasteiger partial charge in [-0.2, -0.15) is 0 Å². The Kier molecular flexibility index (Phi) is 6.09. The number of benzene rings is 2. The normalized spacial score (nSPS) is 14.4. The van der Waals surface area contributed by atoms with E-state index in [9.17, 15) is 27.5 Å². The van der Waals surface area contributed by atoms with Gasteiger partial charge >= 0.3 is 11.7 Å². The second-order valence-electron chi connectivity index (χ2n) is 7.63. The number of fused-ring (bicyclic) bond motifs is 1. The molecule has 33 heavy (non-hydrogen) atoms. The predicted octanol–water partition coefficient (Wildman–Crippen LogP) is 2.27. The number of phenolic OH excluding ortho intramolecular Hbond substituents is 1. The Morgan fingerprint density at radius 3 is 2.64 bits per heavy atom. The third-order valence-corrected chi connectivity index (χ3v) is 6.79. The molecule has 2 heterocycles. The molecular formula is C22H21FN2O7S. The lowest BCUT2D eigenvalue weighted by molar-refractivity contribution is 0.0545. The number of amides is 2. The van der Waals surface area contributed by atoms with Crippen molar-refractivity contribution in [3.63, 3.8) is 0 Å². The zero-order valence-corrected chi connectivity index (χ0v) is 18.4. The van der Waals surface area contributed by atoms with E-state index in [1.165, 1.54) is 23.1 Å². The molecule has 1 aliphatic heterocycles. The van der Waals surface area contributed by atoms with Crippen LogP contribution in [0.3, 0.4) is 0 Å². The summed E-state index contributed by atoms with van der Waals surface area (Å²) in [6.07, 6.45) is -0.0226. The van der Waals surface area contributed by atoms with Crippen LogP contribution < -0.4 is 10.3 Å². The molecule has 0 radical (unpaired) electrons. The number of ether oxygens (including phenoxy) is 1. The van der Waals surface area contributed by atoms with Crippen molar-refractivity contribution in [3.8, 4) is 5.75 Å². The number of morpholine rings is 1. The number of sulfonamides is 1. The second-order valence-corrected chi connectivity index (χ2v) is 9.28. The fraction of sp³-hybridized carbons (Fsp3) is 0.273. The van der Waals surface area contributed by atoms with Crippen LogP contribution in [-0.2, 0) is 21.2 Å². The summed E-state index contributed by atoms with van der Waals surface area (Å²) in [4.78, 5) is 25.4. The van der Waals surface area contributed by atoms with Crippen molar-refractivity contribution in [2.24, 2.45) is 0 Å². The molecule has 0 bridgehead atoms. The first-order valence-electron chi connectivity index (χ1n) is 10.1. The number of urea groups is 1. The number of hydrogen-bond donors (Lipinski definition) is 2. The van der Waals surface area contributed by atoms with Gasteiger partial charge in [-0.25, -0.2) is 27.1 Å². The maximum Gasteiger partial charge on any atom is 0.340 e. The highest BCUT2D eigenvalue weighted by Crippen LogP contribution is 2.25. The van der Waals surface area contributed by atoms with E-state index in [0.717, 1.165) is 12.1 Å². The summed E-state index contributed by atoms with van der Waals surface area (Å²) in [5.74, 6) is -1.08. The van der Waals surface area contributed by atoms with Gasteiger partial charge in [0.1, 0.15) is 22.0 Å². The molecule has 1 fully saturated rings. The van der Waals surface area contributed by atoms with Crippen LogP contribution in [0, 0.1) is 12.7 Å². The number of halogens is 1. The average molecular weight is 476 g/mol. The molecule has 0 saturated carbocycles. The lowest BCUT2D eigenvalue weighted by atomic mass is 9.99. The zero-order chi connectivity index (χ0) is 23.8. The number of nitrogens with zero attached hydrogens (tertiary/aromatic N) is 1. The summed E-state index contributed by atoms with van der Waals surface area (Å²) in [7, 11) is -4.50. The number of phenols is 1. The molecule has 1 aliphatic rings. The minimum absolute atomic E-state index is 0.0226. The van der Waals surface area contributed by atoms with Crippen LogP contribution in [0.15, 0.2) is 50.5 Å². The first-order chi connectivity index (χ1) is 15.7. The van der Waals surface area contributed by atoms with Crippen molar-refractivity contribution in [1.82, 2.24) is 9.62 Å². The molecule has 174 valence electrons. The molecule has 11 heteroatoms. The van der Waals surface area contributed by atoms with Gasteiger partial charge in [0.15, 0.2) is 0 Å². The van der Waals surface area contributed by atoms with E-state index < -0.39 is 32.4 Å². The third kappa shape index (κ3) is 4.69. The van der Waals surface area contributed by atoms with E-state index >= 15 is 0 Å². The number of rotatable bonds is 4. The zero-order valence-electron chi connectivity index (χ0n) is 17.6. The van der Waals surface area contributed by atoms with Crippen molar-refractivity contribution >= 4 is 27.0 Å². The Morgan fingerprint density at radius 2 is 1.91 bits per heavy atom. The van der Waals surface area contributed by atoms with E-state index in [0.29, 0.717) is 16.5 Å². The van der Waals surface area contributed by atoms with Gasteiger partial charge in [0.2, 0.25) is 0 Å². The van der Waals surface area contributed by atoms with Crippen LogP contribution in [0.2, 0.25) is 0 Å². The van der Waals surface area contributed by atoms with Gasteiger partial charge in [-0.05, 0) is 42.3 Å². The summed E-state index contributed by atoms with van der Waals surface area (Å²) in [5.41, 5.74) is 0.759. The largest absolute Gasteiger partial charge is 0.508 e. The summed E-state index contributed by atoms with van der Waals surface area (Å²) in [5, 5.41) is 10.2. The van der Waals surface area contributed by atoms with Gasteiger partial charge in [-0.1, -0.05) is 6.07 Å². The Bertz CT molecular complexity index is 1400. The molecule has 0 aliphatic carbocycles. The molecule has 4 rings (SSSR count). The van der Waals surface area contributed by atoms with Crippen LogP contribution in [0.4, 0.5) is 9.18 Å². The van der Waals surface area contributed by atoms with Gasteiger partial charge in [-0.3, -0.25) is 0 Å². The monoisotopic (exact) mass is 476 g/mol. The van der Waals surface area contributed by atoms with Crippen LogP contribution in [0.5, 0.6) is 5.75 Å². The first kappa shape index (κ1) is 22.7. The van der Waals surface area contributed by atoms with E-state index in [2.05, 4.69) is 0 Å². The Morgan fingerprint density at radius 1 is 1.18 bits per heavy atom. The van der Waals surface area contributed by atoms with Crippen molar-refractivity contribution in [2.75, 3.05) is 26.3 Å². The second kappa shape index (κ2) is 8.83. The third-order valence-electron chi connectivity index (χ3n) is 5.46. The summed E-state index contributed by atoms with van der Waals surface area (Å²) in [6, 6.07) is 6.94. The van der Waals surface area contributed by atoms with E-state index in [1.54, 1.807) is 13.0 Å². The molecule has 0 unspecified atom stereocenters. The smallest absolute Gasteiger partial charge is 0.340 e. The van der Waals surface area contributed by atoms with Crippen molar-refractivity contribution in [1.29, 1.82) is 0 Å². The van der Waals surface area contributed by atoms with E-state index in [4.69, 9.17) is 9.15 Å². The lowest BCUT2D eigenvalue weighted by Gasteiger charge is -2.26. The van der Waals surface area contributed by atoms with Crippen LogP contribution in [0.1, 0.15) is 16.7 Å². The lowest BCUT2D eigenvalue weighted by Crippen LogP contribution is -2.47. The highest BCUT2D eigenvalue weighted by molar-refractivity contribution is 7.90. The van der Waals surface area contributed by atoms with Gasteiger partial charge in [-0.15, -0.1) is 0 Å². The Balaban J connectivity index is 1.64. The van der Waals surface area contributed by atoms with Gasteiger partial charge < -0.3 is 19.2 Å². The maximum atomic E-state index is 14.4. The van der Waals surface area contributed by atoms with Gasteiger partial charge in [0.25, 0.3) is 10.0 Å². The topological polar surface area (TPSA) is 126 Å². The molecule has 1 saturated heterocycles. The molecule has 9 nitrogen and oxygen atoms in total. The predicted molar refractivity (Wildman–Crippen MR) is 116 cm³/mol. The SMILES string of the molecule is Cc1c(Cc2ccc(F)c(S(=O)(=O)NC(=O)N3CCOCC3)c2)c(=O)oc2cc(O)ccc12. The molecule has 0 atom stereocenters. The molecule has 2 aromatic carbocycles. The van der Waals surface area contributed by atoms with E-state index in [-0.39, 0.29) is 49.6 Å². The number of aromatic hydroxyl groups is 1. The van der Waals surface area contributed by atoms with Crippen molar-refractivity contribution < 1.29 is 31.9 Å². The first-order valence-corrected chi connectivity index (χ1v) is 11.6. The fourth-order valence-corrected chi connectivity index (χ4v) is 4.76. The summed E-state index contributed by atoms with van der Waals surface area (Å²) in [6.45, 7) is 2.71. The Labute approximate surface area is 188 Å². The van der Waals surface area contributed by atoms with Gasteiger partial charge in [0.05, 0.1) is 13.2 Å². The number of carbonyl (C=O) groups is 1. The molecule has 0 spiro atoms. The molecule has 2 amide bonds. The maximum absolute atomic E-state index is 14.4. The quantitative estimate of drug-likeness (QED) is 0.553.